The number of ether oxygens (including phenoxy) is 4. The molecule has 4 aliphatic rings. The summed E-state index contributed by atoms with van der Waals surface area (Å²) < 4.78 is 36.9. The number of ketones is 4. The van der Waals surface area contributed by atoms with Gasteiger partial charge in [0.1, 0.15) is 38.0 Å². The van der Waals surface area contributed by atoms with Crippen molar-refractivity contribution in [3.8, 4) is 0 Å². The number of benzene rings is 4. The quantitative estimate of drug-likeness (QED) is 0.0550. The molecule has 4 heterocycles. The maximum absolute atomic E-state index is 12.5. The molecule has 8 rings (SSSR count). The van der Waals surface area contributed by atoms with Gasteiger partial charge in [-0.2, -0.15) is 38.4 Å². The zero-order valence-electron chi connectivity index (χ0n) is 60.8. The largest absolute Gasteiger partial charge is 0.445 e. The molecule has 26 heteroatoms. The summed E-state index contributed by atoms with van der Waals surface area (Å²) in [5, 5.41) is 0. The molecule has 4 unspecified atom stereocenters. The number of alkyl halides is 2. The first-order valence-electron chi connectivity index (χ1n) is 34.3. The van der Waals surface area contributed by atoms with Crippen molar-refractivity contribution in [1.82, 2.24) is 19.6 Å². The molecule has 4 saturated heterocycles. The van der Waals surface area contributed by atoms with Crippen LogP contribution in [-0.4, -0.2) is 156 Å². The molecule has 0 saturated carbocycles. The third-order valence-corrected chi connectivity index (χ3v) is 17.0. The average molecular weight is 1540 g/mol. The number of rotatable bonds is 12. The van der Waals surface area contributed by atoms with Crippen molar-refractivity contribution in [3.05, 3.63) is 150 Å². The SMILES string of the molecule is CCC1(C)CCCCN(C(=O)OCc2ccccc2)CC1=O.CCC1(C)CN(C(=O)OCc2ccccc2)CCCCC1=O.CCC1CC[CH+]CN(C(=O)OCc2ccccc2)CC1=O.CCC1CN(C(=O)OCc2ccccc2)CCCCC1=O.CI.O=C=O.O=C=O.O=C=O.O=C=O.[2H]CF. The van der Waals surface area contributed by atoms with Crippen LogP contribution in [0.3, 0.4) is 0 Å². The summed E-state index contributed by atoms with van der Waals surface area (Å²) in [5.41, 5.74) is 3.08. The Morgan fingerprint density at radius 1 is 0.490 bits per heavy atom. The van der Waals surface area contributed by atoms with E-state index in [2.05, 4.69) is 29.0 Å². The zero-order valence-corrected chi connectivity index (χ0v) is 61.9. The van der Waals surface area contributed by atoms with Gasteiger partial charge in [0.15, 0.2) is 18.1 Å². The molecule has 4 fully saturated rings. The highest BCUT2D eigenvalue weighted by Crippen LogP contribution is 2.32. The van der Waals surface area contributed by atoms with Gasteiger partial charge in [0.05, 0.1) is 34.5 Å². The molecule has 0 bridgehead atoms. The predicted molar refractivity (Wildman–Crippen MR) is 379 cm³/mol. The fourth-order valence-electron chi connectivity index (χ4n) is 10.6. The molecule has 0 aliphatic carbocycles. The summed E-state index contributed by atoms with van der Waals surface area (Å²) in [7, 11) is -1.00. The van der Waals surface area contributed by atoms with E-state index in [0.29, 0.717) is 52.1 Å². The summed E-state index contributed by atoms with van der Waals surface area (Å²) >= 11 is 2.15. The number of halogens is 2. The van der Waals surface area contributed by atoms with Gasteiger partial charge in [0.2, 0.25) is 0 Å². The van der Waals surface area contributed by atoms with Gasteiger partial charge >= 0.3 is 49.0 Å². The van der Waals surface area contributed by atoms with Crippen LogP contribution in [-0.2, 0) is 103 Å². The van der Waals surface area contributed by atoms with Crippen LogP contribution >= 0.6 is 22.6 Å². The van der Waals surface area contributed by atoms with Crippen molar-refractivity contribution in [3.63, 3.8) is 0 Å². The molecule has 4 aromatic rings. The molecule has 0 spiro atoms. The summed E-state index contributed by atoms with van der Waals surface area (Å²) in [6.07, 6.45) is 14.0. The van der Waals surface area contributed by atoms with E-state index in [1.807, 2.05) is 168 Å². The number of carbonyl (C=O) groups is 8. The fourth-order valence-corrected chi connectivity index (χ4v) is 10.6. The highest BCUT2D eigenvalue weighted by molar-refractivity contribution is 14.1. The number of carbonyl (C=O) groups excluding carboxylic acids is 16. The van der Waals surface area contributed by atoms with Gasteiger partial charge in [-0.15, -0.1) is 0 Å². The average Bonchev–Trinajstić information content (AvgIpc) is 0.838. The molecule has 24 nitrogen and oxygen atoms in total. The van der Waals surface area contributed by atoms with Crippen molar-refractivity contribution in [2.24, 2.45) is 22.7 Å². The Balaban J connectivity index is 0. The lowest BCUT2D eigenvalue weighted by Gasteiger charge is -2.35. The topological polar surface area (TPSA) is 323 Å². The highest BCUT2D eigenvalue weighted by atomic mass is 127. The number of amides is 4. The van der Waals surface area contributed by atoms with Gasteiger partial charge in [0, 0.05) is 68.2 Å². The number of nitrogens with zero attached hydrogens (tertiary/aromatic N) is 4. The molecule has 4 atom stereocenters. The number of hydrogen-bond acceptors (Lipinski definition) is 20. The van der Waals surface area contributed by atoms with E-state index >= 15 is 0 Å². The van der Waals surface area contributed by atoms with Gasteiger partial charge in [-0.1, -0.05) is 192 Å². The lowest BCUT2D eigenvalue weighted by Crippen LogP contribution is -2.45. The highest BCUT2D eigenvalue weighted by Gasteiger charge is 2.37. The number of Topliss-reactive ketones (excluding diaryl/α,β-unsaturated/α-hetero) is 4. The van der Waals surface area contributed by atoms with E-state index in [4.69, 9.17) is 58.7 Å². The van der Waals surface area contributed by atoms with E-state index < -0.39 is 24.8 Å². The van der Waals surface area contributed by atoms with Gasteiger partial charge in [-0.3, -0.25) is 28.5 Å². The second kappa shape index (κ2) is 59.4. The Morgan fingerprint density at radius 3 is 1.25 bits per heavy atom. The van der Waals surface area contributed by atoms with Crippen LogP contribution in [0.4, 0.5) is 23.6 Å². The first-order valence-corrected chi connectivity index (χ1v) is 35.7. The maximum atomic E-state index is 12.5. The minimum Gasteiger partial charge on any atom is -0.445 e. The standard InChI is InChI=1S/2C18H25NO3.C17H23NO3.C17H22NO3.CH3F.CH3I.4CO2/c1-3-18(2)11-7-8-12-19(13-16(18)20)17(21)22-14-15-9-5-4-6-10-15;1-3-18(2)14-19(12-8-7-11-16(18)20)17(21)22-13-15-9-5-4-6-10-15;1-2-15-12-18(11-7-6-10-16(15)19)17(20)21-13-14-8-4-3-5-9-14;1-2-15-10-6-7-11-18(12-16(15)19)17(20)21-13-14-8-4-3-5-9-14;2*1-2;4*2-1-3/h2*4-6,9-10H,3,7-8,11-14H2,1-2H3;3-5,8-9,15H,2,6-7,10-13H2,1H3;3-5,7-9,15H,2,6,10-13H2,1H3;2*1H3;;;;/q;;;+1;;;;;;/i;;;;1D;;;;;. The Bertz CT molecular complexity index is 3120. The van der Waals surface area contributed by atoms with Crippen LogP contribution < -0.4 is 0 Å². The van der Waals surface area contributed by atoms with E-state index in [0.717, 1.165) is 106 Å². The van der Waals surface area contributed by atoms with Gasteiger partial charge in [0.25, 0.3) is 0 Å². The molecular weight excluding hydrogens is 1430 g/mol. The first-order chi connectivity index (χ1) is 49.6. The van der Waals surface area contributed by atoms with Crippen molar-refractivity contribution in [2.45, 2.75) is 164 Å². The summed E-state index contributed by atoms with van der Waals surface area (Å²) in [6.45, 7) is 16.7. The van der Waals surface area contributed by atoms with Crippen LogP contribution in [0.1, 0.15) is 161 Å². The first kappa shape index (κ1) is 92.7. The summed E-state index contributed by atoms with van der Waals surface area (Å²) in [5.74, 6) is 0.836. The van der Waals surface area contributed by atoms with Crippen LogP contribution in [0.5, 0.6) is 0 Å². The van der Waals surface area contributed by atoms with Crippen molar-refractivity contribution < 1.29 is 101 Å². The van der Waals surface area contributed by atoms with E-state index in [9.17, 15) is 42.7 Å². The summed E-state index contributed by atoms with van der Waals surface area (Å²) in [4.78, 5) is 171. The lowest BCUT2D eigenvalue weighted by molar-refractivity contribution is -0.193. The third kappa shape index (κ3) is 40.2. The third-order valence-electron chi connectivity index (χ3n) is 17.0. The molecule has 0 N–H and O–H groups in total. The molecule has 0 radical (unpaired) electrons. The monoisotopic (exact) mass is 1540 g/mol. The Hall–Kier alpha value is -9.31. The molecule has 4 aliphatic heterocycles. The molecule has 4 amide bonds. The minimum atomic E-state index is -1.00. The number of hydrogen-bond donors (Lipinski definition) is 0. The predicted octanol–water partition coefficient (Wildman–Crippen LogP) is 13.5. The van der Waals surface area contributed by atoms with Crippen LogP contribution in [0, 0.1) is 29.1 Å². The van der Waals surface area contributed by atoms with Crippen molar-refractivity contribution in [2.75, 3.05) is 64.4 Å². The molecule has 0 aromatic heterocycles. The Labute approximate surface area is 614 Å². The Kier molecular flexibility index (Phi) is 54.0. The number of likely N-dealkylation sites (tertiary alicyclic amines) is 4. The minimum absolute atomic E-state index is 0.0467. The van der Waals surface area contributed by atoms with Crippen LogP contribution in [0.25, 0.3) is 0 Å². The van der Waals surface area contributed by atoms with Gasteiger partial charge in [-0.25, -0.2) is 19.2 Å². The molecular formula is C76H101FIN4O20+. The molecule has 4 aromatic carbocycles. The van der Waals surface area contributed by atoms with Crippen molar-refractivity contribution >= 4 is 94.7 Å². The van der Waals surface area contributed by atoms with Gasteiger partial charge < -0.3 is 33.6 Å². The van der Waals surface area contributed by atoms with Crippen LogP contribution in [0.15, 0.2) is 121 Å². The van der Waals surface area contributed by atoms with Crippen LogP contribution in [0.2, 0.25) is 0 Å². The lowest BCUT2D eigenvalue weighted by atomic mass is 9.77. The normalized spacial score (nSPS) is 18.5. The van der Waals surface area contributed by atoms with Gasteiger partial charge in [-0.05, 0) is 97.8 Å². The van der Waals surface area contributed by atoms with E-state index in [1.54, 1.807) is 14.7 Å². The molecule has 558 valence electrons. The van der Waals surface area contributed by atoms with Crippen molar-refractivity contribution in [1.29, 1.82) is 0 Å². The second-order valence-electron chi connectivity index (χ2n) is 23.7. The smallest absolute Gasteiger partial charge is 0.413 e. The second-order valence-corrected chi connectivity index (χ2v) is 23.7. The summed E-state index contributed by atoms with van der Waals surface area (Å²) in [6, 6.07) is 38.4. The van der Waals surface area contributed by atoms with E-state index in [-0.39, 0.29) is 117 Å². The zero-order chi connectivity index (χ0) is 77.7. The molecule has 102 heavy (non-hydrogen) atoms. The van der Waals surface area contributed by atoms with E-state index in [1.165, 1.54) is 4.90 Å². The Morgan fingerprint density at radius 2 is 0.843 bits per heavy atom. The fraction of sp³-hybridized carbons (Fsp3) is 0.513. The maximum Gasteiger partial charge on any atom is 0.413 e.